The van der Waals surface area contributed by atoms with Crippen LogP contribution >= 0.6 is 0 Å². The molecule has 2 aliphatic rings. The standard InChI is InChI=1S/C23H27N3O2/c1-3-5-16-7-8-20-19(12-16)23-18(21(15-27)25(20)2)9-11-26(23)22(28)13-17-6-4-10-24-14-17/h3-8,10,12,14,18,21,23,27H,9,11,13,15H2,1-2H3/b5-3+/t18-,21+,23-/m0/s1. The van der Waals surface area contributed by atoms with Crippen molar-refractivity contribution in [3.8, 4) is 0 Å². The van der Waals surface area contributed by atoms with Gasteiger partial charge in [-0.1, -0.05) is 24.3 Å². The van der Waals surface area contributed by atoms with Crippen LogP contribution in [0, 0.1) is 5.92 Å². The van der Waals surface area contributed by atoms with Crippen LogP contribution in [0.15, 0.2) is 48.8 Å². The van der Waals surface area contributed by atoms with Gasteiger partial charge in [-0.15, -0.1) is 0 Å². The highest BCUT2D eigenvalue weighted by atomic mass is 16.3. The molecule has 0 unspecified atom stereocenters. The van der Waals surface area contributed by atoms with E-state index in [9.17, 15) is 9.90 Å². The molecular formula is C23H27N3O2. The molecule has 1 fully saturated rings. The first kappa shape index (κ1) is 18.7. The van der Waals surface area contributed by atoms with Crippen LogP contribution in [0.3, 0.4) is 0 Å². The van der Waals surface area contributed by atoms with Crippen molar-refractivity contribution in [1.29, 1.82) is 0 Å². The zero-order valence-electron chi connectivity index (χ0n) is 16.5. The normalized spacial score (nSPS) is 23.8. The van der Waals surface area contributed by atoms with Gasteiger partial charge in [0.25, 0.3) is 0 Å². The summed E-state index contributed by atoms with van der Waals surface area (Å²) in [6.07, 6.45) is 8.87. The second-order valence-corrected chi connectivity index (χ2v) is 7.70. The number of carbonyl (C=O) groups is 1. The number of allylic oxidation sites excluding steroid dienone is 1. The van der Waals surface area contributed by atoms with E-state index in [0.717, 1.165) is 29.8 Å². The van der Waals surface area contributed by atoms with E-state index >= 15 is 0 Å². The smallest absolute Gasteiger partial charge is 0.227 e. The number of benzene rings is 1. The van der Waals surface area contributed by atoms with Crippen molar-refractivity contribution in [3.63, 3.8) is 0 Å². The van der Waals surface area contributed by atoms with Gasteiger partial charge in [0.15, 0.2) is 0 Å². The van der Waals surface area contributed by atoms with E-state index in [4.69, 9.17) is 0 Å². The van der Waals surface area contributed by atoms with Crippen LogP contribution < -0.4 is 4.90 Å². The van der Waals surface area contributed by atoms with Crippen molar-refractivity contribution in [2.45, 2.75) is 31.8 Å². The average molecular weight is 377 g/mol. The molecule has 1 N–H and O–H groups in total. The summed E-state index contributed by atoms with van der Waals surface area (Å²) >= 11 is 0. The van der Waals surface area contributed by atoms with Crippen molar-refractivity contribution in [3.05, 3.63) is 65.5 Å². The van der Waals surface area contributed by atoms with Gasteiger partial charge in [-0.05, 0) is 48.2 Å². The predicted molar refractivity (Wildman–Crippen MR) is 111 cm³/mol. The Labute approximate surface area is 166 Å². The number of likely N-dealkylation sites (tertiary alicyclic amines) is 1. The summed E-state index contributed by atoms with van der Waals surface area (Å²) in [6.45, 7) is 2.83. The van der Waals surface area contributed by atoms with Crippen LogP contribution in [0.4, 0.5) is 5.69 Å². The fraction of sp³-hybridized carbons (Fsp3) is 0.391. The molecule has 0 spiro atoms. The molecule has 1 amide bonds. The zero-order valence-corrected chi connectivity index (χ0v) is 16.5. The Morgan fingerprint density at radius 3 is 2.93 bits per heavy atom. The molecule has 0 radical (unpaired) electrons. The van der Waals surface area contributed by atoms with Gasteiger partial charge in [-0.25, -0.2) is 0 Å². The van der Waals surface area contributed by atoms with Crippen molar-refractivity contribution >= 4 is 17.7 Å². The molecule has 5 nitrogen and oxygen atoms in total. The number of rotatable bonds is 4. The molecular weight excluding hydrogens is 350 g/mol. The average Bonchev–Trinajstić information content (AvgIpc) is 3.14. The van der Waals surface area contributed by atoms with Crippen LogP contribution in [-0.4, -0.2) is 47.1 Å². The predicted octanol–water partition coefficient (Wildman–Crippen LogP) is 3.06. The number of anilines is 1. The van der Waals surface area contributed by atoms with E-state index in [-0.39, 0.29) is 30.5 Å². The molecule has 3 atom stereocenters. The van der Waals surface area contributed by atoms with E-state index in [2.05, 4.69) is 34.2 Å². The zero-order chi connectivity index (χ0) is 19.7. The lowest BCUT2D eigenvalue weighted by Crippen LogP contribution is -2.48. The van der Waals surface area contributed by atoms with Gasteiger partial charge >= 0.3 is 0 Å². The Balaban J connectivity index is 1.71. The Kier molecular flexibility index (Phi) is 5.18. The number of carbonyl (C=O) groups excluding carboxylic acids is 1. The van der Waals surface area contributed by atoms with E-state index in [0.29, 0.717) is 6.42 Å². The summed E-state index contributed by atoms with van der Waals surface area (Å²) in [7, 11) is 2.05. The first-order chi connectivity index (χ1) is 13.6. The minimum absolute atomic E-state index is 0.0118. The Bertz CT molecular complexity index is 881. The number of nitrogens with zero attached hydrogens (tertiary/aromatic N) is 3. The summed E-state index contributed by atoms with van der Waals surface area (Å²) < 4.78 is 0. The van der Waals surface area contributed by atoms with Gasteiger partial charge < -0.3 is 14.9 Å². The fourth-order valence-corrected chi connectivity index (χ4v) is 4.83. The Morgan fingerprint density at radius 1 is 1.36 bits per heavy atom. The molecule has 1 aromatic heterocycles. The molecule has 146 valence electrons. The lowest BCUT2D eigenvalue weighted by Gasteiger charge is -2.44. The van der Waals surface area contributed by atoms with E-state index in [1.54, 1.807) is 12.4 Å². The highest BCUT2D eigenvalue weighted by Gasteiger charge is 2.47. The highest BCUT2D eigenvalue weighted by molar-refractivity contribution is 5.80. The van der Waals surface area contributed by atoms with Crippen LogP contribution in [0.2, 0.25) is 0 Å². The number of amides is 1. The number of fused-ring (bicyclic) bond motifs is 3. The molecule has 0 saturated carbocycles. The maximum absolute atomic E-state index is 13.2. The number of pyridine rings is 1. The monoisotopic (exact) mass is 377 g/mol. The summed E-state index contributed by atoms with van der Waals surface area (Å²) in [6, 6.07) is 10.3. The fourth-order valence-electron chi connectivity index (χ4n) is 4.83. The van der Waals surface area contributed by atoms with Gasteiger partial charge in [0.1, 0.15) is 0 Å². The van der Waals surface area contributed by atoms with Crippen LogP contribution in [0.1, 0.15) is 36.1 Å². The van der Waals surface area contributed by atoms with Crippen molar-refractivity contribution in [2.75, 3.05) is 25.1 Å². The van der Waals surface area contributed by atoms with Gasteiger partial charge in [-0.2, -0.15) is 0 Å². The molecule has 5 heteroatoms. The number of aliphatic hydroxyl groups is 1. The molecule has 0 aliphatic carbocycles. The summed E-state index contributed by atoms with van der Waals surface area (Å²) in [5.74, 6) is 0.366. The summed E-state index contributed by atoms with van der Waals surface area (Å²) in [5.41, 5.74) is 4.37. The number of aliphatic hydroxyl groups excluding tert-OH is 1. The van der Waals surface area contributed by atoms with E-state index in [1.807, 2.05) is 37.1 Å². The van der Waals surface area contributed by atoms with E-state index < -0.39 is 0 Å². The molecule has 3 heterocycles. The second kappa shape index (κ2) is 7.76. The van der Waals surface area contributed by atoms with Crippen LogP contribution in [-0.2, 0) is 11.2 Å². The van der Waals surface area contributed by atoms with Gasteiger partial charge in [0.05, 0.1) is 25.1 Å². The maximum atomic E-state index is 13.2. The lowest BCUT2D eigenvalue weighted by molar-refractivity contribution is -0.132. The third kappa shape index (κ3) is 3.20. The second-order valence-electron chi connectivity index (χ2n) is 7.70. The van der Waals surface area contributed by atoms with Crippen LogP contribution in [0.25, 0.3) is 6.08 Å². The van der Waals surface area contributed by atoms with Gasteiger partial charge in [0.2, 0.25) is 5.91 Å². The maximum Gasteiger partial charge on any atom is 0.227 e. The number of hydrogen-bond acceptors (Lipinski definition) is 4. The highest BCUT2D eigenvalue weighted by Crippen LogP contribution is 2.48. The SMILES string of the molecule is C/C=C/c1ccc2c(c1)[C@@H]1[C@@H](CCN1C(=O)Cc1cccnc1)[C@@H](CO)N2C. The topological polar surface area (TPSA) is 56.7 Å². The minimum atomic E-state index is 0.0118. The molecule has 0 bridgehead atoms. The Morgan fingerprint density at radius 2 is 2.21 bits per heavy atom. The third-order valence-electron chi connectivity index (χ3n) is 6.13. The molecule has 28 heavy (non-hydrogen) atoms. The molecule has 2 aromatic rings. The summed E-state index contributed by atoms with van der Waals surface area (Å²) in [4.78, 5) is 21.5. The molecule has 1 saturated heterocycles. The first-order valence-corrected chi connectivity index (χ1v) is 9.92. The van der Waals surface area contributed by atoms with Gasteiger partial charge in [-0.3, -0.25) is 9.78 Å². The van der Waals surface area contributed by atoms with Crippen molar-refractivity contribution in [1.82, 2.24) is 9.88 Å². The van der Waals surface area contributed by atoms with Crippen molar-refractivity contribution < 1.29 is 9.90 Å². The number of likely N-dealkylation sites (N-methyl/N-ethyl adjacent to an activating group) is 1. The molecule has 2 aliphatic heterocycles. The lowest BCUT2D eigenvalue weighted by atomic mass is 9.81. The van der Waals surface area contributed by atoms with Gasteiger partial charge in [0, 0.05) is 37.6 Å². The number of aromatic nitrogens is 1. The Hall–Kier alpha value is -2.66. The number of hydrogen-bond donors (Lipinski definition) is 1. The first-order valence-electron chi connectivity index (χ1n) is 9.92. The largest absolute Gasteiger partial charge is 0.394 e. The summed E-state index contributed by atoms with van der Waals surface area (Å²) in [5, 5.41) is 10.1. The molecule has 1 aromatic carbocycles. The van der Waals surface area contributed by atoms with Crippen molar-refractivity contribution in [2.24, 2.45) is 5.92 Å². The quantitative estimate of drug-likeness (QED) is 0.890. The van der Waals surface area contributed by atoms with Crippen LogP contribution in [0.5, 0.6) is 0 Å². The van der Waals surface area contributed by atoms with E-state index in [1.165, 1.54) is 5.56 Å². The minimum Gasteiger partial charge on any atom is -0.394 e. The molecule has 4 rings (SSSR count). The third-order valence-corrected chi connectivity index (χ3v) is 6.13.